The van der Waals surface area contributed by atoms with Crippen LogP contribution in [0.4, 0.5) is 11.5 Å². The number of hydrogen-bond acceptors (Lipinski definition) is 7. The topological polar surface area (TPSA) is 101 Å². The van der Waals surface area contributed by atoms with Gasteiger partial charge in [-0.05, 0) is 19.1 Å². The van der Waals surface area contributed by atoms with Crippen LogP contribution in [-0.4, -0.2) is 61.2 Å². The van der Waals surface area contributed by atoms with Crippen LogP contribution in [0.15, 0.2) is 64.1 Å². The van der Waals surface area contributed by atoms with Gasteiger partial charge in [-0.25, -0.2) is 9.19 Å². The Morgan fingerprint density at radius 1 is 1.26 bits per heavy atom. The molecule has 1 N–H and O–H groups in total. The van der Waals surface area contributed by atoms with Gasteiger partial charge in [0.05, 0.1) is 52.5 Å². The van der Waals surface area contributed by atoms with Gasteiger partial charge in [-0.15, -0.1) is 0 Å². The van der Waals surface area contributed by atoms with Crippen LogP contribution < -0.4 is 4.90 Å². The quantitative estimate of drug-likeness (QED) is 0.526. The largest absolute Gasteiger partial charge is 0.377 e. The molecule has 1 aromatic carbocycles. The van der Waals surface area contributed by atoms with Crippen molar-refractivity contribution in [1.29, 1.82) is 0 Å². The predicted octanol–water partition coefficient (Wildman–Crippen LogP) is 3.16. The van der Waals surface area contributed by atoms with Crippen molar-refractivity contribution in [3.8, 4) is 5.82 Å². The fourth-order valence-corrected chi connectivity index (χ4v) is 5.01. The monoisotopic (exact) mass is 437 g/mol. The smallest absolute Gasteiger partial charge is 0.169 e. The van der Waals surface area contributed by atoms with Gasteiger partial charge in [-0.1, -0.05) is 18.2 Å². The van der Waals surface area contributed by atoms with E-state index in [1.807, 2.05) is 42.5 Å². The minimum absolute atomic E-state index is 0.162. The van der Waals surface area contributed by atoms with Gasteiger partial charge in [0, 0.05) is 29.8 Å². The molecule has 2 atom stereocenters. The third-order valence-corrected chi connectivity index (χ3v) is 7.03. The Hall–Kier alpha value is -3.24. The molecule has 0 spiro atoms. The van der Waals surface area contributed by atoms with Crippen molar-refractivity contribution in [1.82, 2.24) is 25.0 Å². The maximum absolute atomic E-state index is 13.5. The number of ether oxygens (including phenoxy) is 1. The Balaban J connectivity index is 1.73. The van der Waals surface area contributed by atoms with E-state index in [0.717, 1.165) is 17.7 Å². The second-order valence-corrected chi connectivity index (χ2v) is 9.82. The van der Waals surface area contributed by atoms with Crippen LogP contribution in [0.3, 0.4) is 0 Å². The molecule has 1 fully saturated rings. The lowest BCUT2D eigenvalue weighted by molar-refractivity contribution is 0.0985. The summed E-state index contributed by atoms with van der Waals surface area (Å²) in [6.07, 6.45) is 5.02. The SMILES string of the molecule is C[C@@H]1COCCN1c1cc(N=S(C)(=O)c2ccccc2)c2cnn(-c3ccn[nH]3)c2n1. The Kier molecular flexibility index (Phi) is 4.95. The average molecular weight is 438 g/mol. The third-order valence-electron chi connectivity index (χ3n) is 5.34. The molecule has 9 nitrogen and oxygen atoms in total. The highest BCUT2D eigenvalue weighted by molar-refractivity contribution is 7.93. The van der Waals surface area contributed by atoms with Gasteiger partial charge < -0.3 is 9.64 Å². The van der Waals surface area contributed by atoms with Gasteiger partial charge in [0.15, 0.2) is 11.5 Å². The number of H-pyrrole nitrogens is 1. The van der Waals surface area contributed by atoms with Gasteiger partial charge >= 0.3 is 0 Å². The number of nitrogens with one attached hydrogen (secondary N) is 1. The number of morpholine rings is 1. The molecule has 0 bridgehead atoms. The summed E-state index contributed by atoms with van der Waals surface area (Å²) < 4.78 is 25.5. The summed E-state index contributed by atoms with van der Waals surface area (Å²) in [6, 6.07) is 13.2. The minimum atomic E-state index is -2.66. The molecule has 160 valence electrons. The van der Waals surface area contributed by atoms with Crippen LogP contribution in [0, 0.1) is 0 Å². The lowest BCUT2D eigenvalue weighted by Crippen LogP contribution is -2.44. The molecule has 0 radical (unpaired) electrons. The van der Waals surface area contributed by atoms with Crippen molar-refractivity contribution >= 4 is 32.3 Å². The van der Waals surface area contributed by atoms with E-state index in [9.17, 15) is 4.21 Å². The summed E-state index contributed by atoms with van der Waals surface area (Å²) in [6.45, 7) is 4.07. The zero-order valence-electron chi connectivity index (χ0n) is 17.3. The van der Waals surface area contributed by atoms with E-state index in [1.54, 1.807) is 23.3 Å². The number of aromatic nitrogens is 5. The van der Waals surface area contributed by atoms with Crippen molar-refractivity contribution in [3.63, 3.8) is 0 Å². The van der Waals surface area contributed by atoms with Crippen LogP contribution in [0.25, 0.3) is 16.9 Å². The van der Waals surface area contributed by atoms with E-state index in [0.29, 0.717) is 35.3 Å². The second-order valence-electron chi connectivity index (χ2n) is 7.56. The molecule has 1 saturated heterocycles. The summed E-state index contributed by atoms with van der Waals surface area (Å²) in [5, 5.41) is 12.2. The first-order valence-corrected chi connectivity index (χ1v) is 12.0. The van der Waals surface area contributed by atoms with E-state index in [2.05, 4.69) is 27.1 Å². The molecular weight excluding hydrogens is 414 g/mol. The van der Waals surface area contributed by atoms with Crippen molar-refractivity contribution in [2.75, 3.05) is 30.9 Å². The van der Waals surface area contributed by atoms with Crippen LogP contribution in [-0.2, 0) is 14.5 Å². The van der Waals surface area contributed by atoms with Crippen molar-refractivity contribution in [2.45, 2.75) is 17.9 Å². The van der Waals surface area contributed by atoms with E-state index < -0.39 is 9.73 Å². The molecular formula is C21H23N7O2S. The number of rotatable bonds is 4. The second kappa shape index (κ2) is 7.78. The first-order valence-electron chi connectivity index (χ1n) is 10.0. The zero-order valence-corrected chi connectivity index (χ0v) is 18.1. The summed E-state index contributed by atoms with van der Waals surface area (Å²) in [7, 11) is -2.66. The molecule has 1 aliphatic heterocycles. The standard InChI is InChI=1S/C21H23N7O2S/c1-15-14-30-11-10-27(15)20-12-18(26-31(2,29)16-6-4-3-5-7-16)17-13-23-28(21(17)24-20)19-8-9-22-25-19/h3-9,12-13,15H,10-11,14H2,1-2H3,(H,22,25)/t15-,31?/m1/s1. The third kappa shape index (κ3) is 3.68. The lowest BCUT2D eigenvalue weighted by atomic mass is 10.2. The molecule has 4 heterocycles. The van der Waals surface area contributed by atoms with Gasteiger partial charge in [0.25, 0.3) is 0 Å². The molecule has 0 saturated carbocycles. The highest BCUT2D eigenvalue weighted by Crippen LogP contribution is 2.33. The lowest BCUT2D eigenvalue weighted by Gasteiger charge is -2.34. The Morgan fingerprint density at radius 3 is 2.84 bits per heavy atom. The number of nitrogens with zero attached hydrogens (tertiary/aromatic N) is 6. The molecule has 0 amide bonds. The molecule has 3 aromatic heterocycles. The normalized spacial score (nSPS) is 18.8. The van der Waals surface area contributed by atoms with Gasteiger partial charge in [0.1, 0.15) is 5.82 Å². The summed E-state index contributed by atoms with van der Waals surface area (Å²) >= 11 is 0. The van der Waals surface area contributed by atoms with Gasteiger partial charge in [0.2, 0.25) is 0 Å². The molecule has 5 rings (SSSR count). The minimum Gasteiger partial charge on any atom is -0.377 e. The maximum Gasteiger partial charge on any atom is 0.169 e. The Bertz CT molecular complexity index is 1320. The fourth-order valence-electron chi connectivity index (χ4n) is 3.72. The highest BCUT2D eigenvalue weighted by Gasteiger charge is 2.23. The number of anilines is 1. The van der Waals surface area contributed by atoms with E-state index in [-0.39, 0.29) is 6.04 Å². The zero-order chi connectivity index (χ0) is 21.4. The highest BCUT2D eigenvalue weighted by atomic mass is 32.2. The van der Waals surface area contributed by atoms with Gasteiger partial charge in [-0.3, -0.25) is 5.10 Å². The van der Waals surface area contributed by atoms with Crippen LogP contribution >= 0.6 is 0 Å². The number of aromatic amines is 1. The number of pyridine rings is 1. The Morgan fingerprint density at radius 2 is 2.10 bits per heavy atom. The predicted molar refractivity (Wildman–Crippen MR) is 120 cm³/mol. The van der Waals surface area contributed by atoms with Crippen LogP contribution in [0.5, 0.6) is 0 Å². The van der Waals surface area contributed by atoms with Gasteiger partial charge in [-0.2, -0.15) is 19.2 Å². The summed E-state index contributed by atoms with van der Waals surface area (Å²) in [5.74, 6) is 1.45. The van der Waals surface area contributed by atoms with E-state index in [4.69, 9.17) is 14.1 Å². The fraction of sp³-hybridized carbons (Fsp3) is 0.286. The number of fused-ring (bicyclic) bond motifs is 1. The van der Waals surface area contributed by atoms with Crippen LogP contribution in [0.1, 0.15) is 6.92 Å². The molecule has 0 aliphatic carbocycles. The van der Waals surface area contributed by atoms with Crippen molar-refractivity contribution in [3.05, 3.63) is 54.9 Å². The molecule has 4 aromatic rings. The molecule has 1 unspecified atom stereocenters. The Labute approximate surface area is 180 Å². The van der Waals surface area contributed by atoms with E-state index in [1.165, 1.54) is 0 Å². The number of benzene rings is 1. The molecule has 1 aliphatic rings. The van der Waals surface area contributed by atoms with Crippen molar-refractivity contribution < 1.29 is 8.95 Å². The summed E-state index contributed by atoms with van der Waals surface area (Å²) in [4.78, 5) is 7.77. The molecule has 10 heteroatoms. The van der Waals surface area contributed by atoms with Crippen LogP contribution in [0.2, 0.25) is 0 Å². The maximum atomic E-state index is 13.5. The first kappa shape index (κ1) is 19.7. The average Bonchev–Trinajstić information content (AvgIpc) is 3.44. The van der Waals surface area contributed by atoms with E-state index >= 15 is 0 Å². The molecule has 31 heavy (non-hydrogen) atoms. The summed E-state index contributed by atoms with van der Waals surface area (Å²) in [5.41, 5.74) is 1.23. The van der Waals surface area contributed by atoms with Crippen molar-refractivity contribution in [2.24, 2.45) is 4.36 Å². The first-order chi connectivity index (χ1) is 15.0. The number of hydrogen-bond donors (Lipinski definition) is 1.